The van der Waals surface area contributed by atoms with Crippen LogP contribution in [0.1, 0.15) is 29.7 Å². The molecule has 0 bridgehead atoms. The molecule has 0 spiro atoms. The number of rotatable bonds is 8. The van der Waals surface area contributed by atoms with Crippen LogP contribution in [0.3, 0.4) is 0 Å². The van der Waals surface area contributed by atoms with Gasteiger partial charge in [-0.05, 0) is 36.2 Å². The van der Waals surface area contributed by atoms with E-state index in [2.05, 4.69) is 80.2 Å². The number of quaternary nitrogens is 1. The topological polar surface area (TPSA) is 28.5 Å². The maximum Gasteiger partial charge on any atom is 0.166 e. The van der Waals surface area contributed by atoms with E-state index in [-0.39, 0.29) is 0 Å². The zero-order valence-corrected chi connectivity index (χ0v) is 16.3. The monoisotopic (exact) mass is 356 g/mol. The molecule has 0 aromatic heterocycles. The predicted octanol–water partition coefficient (Wildman–Crippen LogP) is 2.14. The summed E-state index contributed by atoms with van der Waals surface area (Å²) in [7, 11) is 4.37. The Bertz CT molecular complexity index is 638. The molecule has 2 rings (SSSR count). The minimum atomic E-state index is 0.375. The number of nitrogens with one attached hydrogen (secondary N) is 3. The van der Waals surface area contributed by atoms with Gasteiger partial charge in [-0.2, -0.15) is 0 Å². The standard InChI is InChI=1S/C21H29N3S/c1-4-17-10-12-19(13-11-17)20(24(2)3)16-23-21(25)22-15-14-18-8-6-5-7-9-18/h5-13,20H,4,14-16H2,1-3H3,(H2,22,23,25)/p+1/t20-/m1/s1. The Morgan fingerprint density at radius 1 is 0.960 bits per heavy atom. The summed E-state index contributed by atoms with van der Waals surface area (Å²) in [4.78, 5) is 1.39. The van der Waals surface area contributed by atoms with Crippen molar-refractivity contribution < 1.29 is 4.90 Å². The Hall–Kier alpha value is -1.91. The van der Waals surface area contributed by atoms with Crippen molar-refractivity contribution in [1.29, 1.82) is 0 Å². The highest BCUT2D eigenvalue weighted by Gasteiger charge is 2.17. The summed E-state index contributed by atoms with van der Waals surface area (Å²) >= 11 is 5.43. The van der Waals surface area contributed by atoms with Crippen LogP contribution in [-0.4, -0.2) is 32.3 Å². The normalized spacial score (nSPS) is 12.0. The van der Waals surface area contributed by atoms with Gasteiger partial charge < -0.3 is 15.5 Å². The smallest absolute Gasteiger partial charge is 0.166 e. The van der Waals surface area contributed by atoms with Crippen LogP contribution in [0.15, 0.2) is 54.6 Å². The maximum absolute atomic E-state index is 5.43. The Kier molecular flexibility index (Phi) is 7.89. The summed E-state index contributed by atoms with van der Waals surface area (Å²) in [5.41, 5.74) is 4.04. The number of hydrogen-bond donors (Lipinski definition) is 3. The van der Waals surface area contributed by atoms with Crippen molar-refractivity contribution >= 4 is 17.3 Å². The van der Waals surface area contributed by atoms with Crippen LogP contribution in [0.5, 0.6) is 0 Å². The minimum Gasteiger partial charge on any atom is -0.362 e. The van der Waals surface area contributed by atoms with E-state index in [0.29, 0.717) is 6.04 Å². The van der Waals surface area contributed by atoms with E-state index in [1.165, 1.54) is 21.6 Å². The van der Waals surface area contributed by atoms with Gasteiger partial charge in [0, 0.05) is 12.1 Å². The van der Waals surface area contributed by atoms with E-state index in [4.69, 9.17) is 12.2 Å². The number of likely N-dealkylation sites (N-methyl/N-ethyl adjacent to an activating group) is 1. The molecule has 2 aromatic carbocycles. The fraction of sp³-hybridized carbons (Fsp3) is 0.381. The molecule has 4 heteroatoms. The molecule has 0 amide bonds. The minimum absolute atomic E-state index is 0.375. The highest BCUT2D eigenvalue weighted by molar-refractivity contribution is 7.80. The van der Waals surface area contributed by atoms with Gasteiger partial charge >= 0.3 is 0 Å². The van der Waals surface area contributed by atoms with Gasteiger partial charge in [-0.1, -0.05) is 61.5 Å². The van der Waals surface area contributed by atoms with Gasteiger partial charge in [0.2, 0.25) is 0 Å². The van der Waals surface area contributed by atoms with Crippen molar-refractivity contribution in [2.75, 3.05) is 27.2 Å². The van der Waals surface area contributed by atoms with Gasteiger partial charge in [-0.3, -0.25) is 0 Å². The highest BCUT2D eigenvalue weighted by Crippen LogP contribution is 2.11. The molecule has 25 heavy (non-hydrogen) atoms. The van der Waals surface area contributed by atoms with Gasteiger partial charge in [0.1, 0.15) is 6.04 Å². The molecule has 0 saturated heterocycles. The van der Waals surface area contributed by atoms with Crippen molar-refractivity contribution in [2.24, 2.45) is 0 Å². The lowest BCUT2D eigenvalue weighted by molar-refractivity contribution is -0.890. The summed E-state index contributed by atoms with van der Waals surface area (Å²) in [6.07, 6.45) is 2.05. The van der Waals surface area contributed by atoms with Crippen LogP contribution in [-0.2, 0) is 12.8 Å². The fourth-order valence-corrected chi connectivity index (χ4v) is 3.05. The first-order valence-electron chi connectivity index (χ1n) is 9.04. The number of benzene rings is 2. The summed E-state index contributed by atoms with van der Waals surface area (Å²) in [6.45, 7) is 3.86. The largest absolute Gasteiger partial charge is 0.362 e. The molecule has 0 saturated carbocycles. The van der Waals surface area contributed by atoms with Gasteiger partial charge in [0.15, 0.2) is 5.11 Å². The molecule has 0 fully saturated rings. The first-order chi connectivity index (χ1) is 12.1. The molecule has 0 aliphatic heterocycles. The fourth-order valence-electron chi connectivity index (χ4n) is 2.86. The van der Waals surface area contributed by atoms with Crippen molar-refractivity contribution in [2.45, 2.75) is 25.8 Å². The molecule has 0 aliphatic carbocycles. The first kappa shape index (κ1) is 19.4. The van der Waals surface area contributed by atoms with E-state index >= 15 is 0 Å². The third-order valence-corrected chi connectivity index (χ3v) is 4.78. The van der Waals surface area contributed by atoms with Crippen molar-refractivity contribution in [3.05, 3.63) is 71.3 Å². The van der Waals surface area contributed by atoms with Crippen molar-refractivity contribution in [3.63, 3.8) is 0 Å². The number of thiocarbonyl (C=S) groups is 1. The summed E-state index contributed by atoms with van der Waals surface area (Å²) in [5.74, 6) is 0. The van der Waals surface area contributed by atoms with Crippen molar-refractivity contribution in [3.8, 4) is 0 Å². The molecule has 1 atom stereocenters. The molecular weight excluding hydrogens is 326 g/mol. The summed E-state index contributed by atoms with van der Waals surface area (Å²) in [6, 6.07) is 19.8. The van der Waals surface area contributed by atoms with Crippen LogP contribution >= 0.6 is 12.2 Å². The van der Waals surface area contributed by atoms with Gasteiger partial charge in [-0.15, -0.1) is 0 Å². The Labute approximate surface area is 157 Å². The summed E-state index contributed by atoms with van der Waals surface area (Å²) in [5, 5.41) is 7.41. The predicted molar refractivity (Wildman–Crippen MR) is 110 cm³/mol. The van der Waals surface area contributed by atoms with Gasteiger partial charge in [-0.25, -0.2) is 0 Å². The average Bonchev–Trinajstić information content (AvgIpc) is 2.63. The average molecular weight is 357 g/mol. The Morgan fingerprint density at radius 3 is 2.24 bits per heavy atom. The molecule has 0 radical (unpaired) electrons. The van der Waals surface area contributed by atoms with E-state index in [9.17, 15) is 0 Å². The Balaban J connectivity index is 1.80. The van der Waals surface area contributed by atoms with Crippen molar-refractivity contribution in [1.82, 2.24) is 10.6 Å². The van der Waals surface area contributed by atoms with E-state index < -0.39 is 0 Å². The maximum atomic E-state index is 5.43. The quantitative estimate of drug-likeness (QED) is 0.633. The first-order valence-corrected chi connectivity index (χ1v) is 9.45. The van der Waals surface area contributed by atoms with E-state index in [1.807, 2.05) is 6.07 Å². The molecule has 2 aromatic rings. The van der Waals surface area contributed by atoms with Crippen LogP contribution in [0.25, 0.3) is 0 Å². The highest BCUT2D eigenvalue weighted by atomic mass is 32.1. The van der Waals surface area contributed by atoms with E-state index in [0.717, 1.165) is 31.0 Å². The van der Waals surface area contributed by atoms with E-state index in [1.54, 1.807) is 0 Å². The zero-order valence-electron chi connectivity index (χ0n) is 15.5. The lowest BCUT2D eigenvalue weighted by atomic mass is 10.0. The summed E-state index contributed by atoms with van der Waals surface area (Å²) < 4.78 is 0. The number of aryl methyl sites for hydroxylation is 1. The van der Waals surface area contributed by atoms with Crippen LogP contribution in [0.2, 0.25) is 0 Å². The second-order valence-corrected chi connectivity index (χ2v) is 7.01. The molecule has 0 heterocycles. The van der Waals surface area contributed by atoms with Gasteiger partial charge in [0.05, 0.1) is 20.6 Å². The second kappa shape index (κ2) is 10.2. The lowest BCUT2D eigenvalue weighted by Gasteiger charge is -2.23. The third-order valence-electron chi connectivity index (χ3n) is 4.50. The van der Waals surface area contributed by atoms with Crippen LogP contribution in [0, 0.1) is 0 Å². The molecule has 0 unspecified atom stereocenters. The molecule has 134 valence electrons. The number of hydrogen-bond acceptors (Lipinski definition) is 1. The molecule has 3 N–H and O–H groups in total. The SMILES string of the molecule is CCc1ccc([C@@H](CNC(=S)NCCc2ccccc2)[NH+](C)C)cc1. The molecule has 3 nitrogen and oxygen atoms in total. The van der Waals surface area contributed by atoms with Crippen LogP contribution < -0.4 is 15.5 Å². The second-order valence-electron chi connectivity index (χ2n) is 6.60. The van der Waals surface area contributed by atoms with Crippen LogP contribution in [0.4, 0.5) is 0 Å². The zero-order chi connectivity index (χ0) is 18.1. The Morgan fingerprint density at radius 2 is 1.64 bits per heavy atom. The van der Waals surface area contributed by atoms with Gasteiger partial charge in [0.25, 0.3) is 0 Å². The molecular formula is C21H30N3S+. The lowest BCUT2D eigenvalue weighted by Crippen LogP contribution is -3.07. The molecule has 0 aliphatic rings. The third kappa shape index (κ3) is 6.48.